The van der Waals surface area contributed by atoms with Crippen molar-refractivity contribution >= 4 is 18.5 Å². The number of rotatable bonds is 0. The lowest BCUT2D eigenvalue weighted by Crippen LogP contribution is -1.09. The molecule has 0 rings (SSSR count). The molecule has 0 spiro atoms. The molecule has 4 heavy (non-hydrogen) atoms. The maximum absolute atomic E-state index is 2.56. The Balaban J connectivity index is 2.83. The predicted molar refractivity (Wildman–Crippen MR) is 27.2 cm³/mol. The molecule has 0 saturated carbocycles. The third-order valence-electron chi connectivity index (χ3n) is 0.0833. The lowest BCUT2D eigenvalue weighted by molar-refractivity contribution is 3.05. The fourth-order valence-corrected chi connectivity index (χ4v) is 0. The smallest absolute Gasteiger partial charge is 0.0570 e. The number of hydrogen-bond acceptors (Lipinski definition) is 0. The van der Waals surface area contributed by atoms with Crippen molar-refractivity contribution in [2.45, 2.75) is 0 Å². The van der Waals surface area contributed by atoms with Gasteiger partial charge in [0.1, 0.15) is 0 Å². The molecule has 0 aliphatic carbocycles. The van der Waals surface area contributed by atoms with E-state index >= 15 is 0 Å². The Bertz CT molecular complexity index is 40.8. The van der Waals surface area contributed by atoms with E-state index in [2.05, 4.69) is 29.8 Å². The molecule has 0 bridgehead atoms. The average Bonchev–Trinajstić information content (AvgIpc) is 1.37. The normalized spacial score (nSPS) is 3.50. The van der Waals surface area contributed by atoms with Gasteiger partial charge in [-0.05, 0) is 0 Å². The molecule has 0 radical (unpaired) electrons. The molecule has 22 valence electrons. The van der Waals surface area contributed by atoms with Crippen molar-refractivity contribution in [1.29, 1.82) is 0 Å². The molecular weight excluding hydrogens is 86.0 g/mol. The van der Waals surface area contributed by atoms with E-state index in [4.69, 9.17) is 0 Å². The van der Waals surface area contributed by atoms with Crippen LogP contribution in [0.2, 0.25) is 0 Å². The molecule has 0 aromatic rings. The summed E-state index contributed by atoms with van der Waals surface area (Å²) in [6.45, 7) is 0. The second-order valence-electron chi connectivity index (χ2n) is 0.289. The molecule has 0 saturated heterocycles. The summed E-state index contributed by atoms with van der Waals surface area (Å²) in [6, 6.07) is 0. The van der Waals surface area contributed by atoms with Gasteiger partial charge >= 0.3 is 0 Å². The van der Waals surface area contributed by atoms with Crippen molar-refractivity contribution < 1.29 is 0 Å². The Hall–Kier alpha value is 0.420. The van der Waals surface area contributed by atoms with Gasteiger partial charge in [-0.15, -0.1) is 0 Å². The third-order valence-corrected chi connectivity index (χ3v) is 0.750. The molecule has 0 aliphatic rings. The highest BCUT2D eigenvalue weighted by atomic mass is 31.0. The van der Waals surface area contributed by atoms with Crippen molar-refractivity contribution in [2.24, 2.45) is 0 Å². The standard InChI is InChI=1S/C2H4P2/c3-1-2-4/h3-4H2. The zero-order valence-electron chi connectivity index (χ0n) is 2.15. The van der Waals surface area contributed by atoms with Gasteiger partial charge in [0.25, 0.3) is 0 Å². The van der Waals surface area contributed by atoms with E-state index < -0.39 is 0 Å². The fourth-order valence-electron chi connectivity index (χ4n) is 0. The molecule has 0 nitrogen and oxygen atoms in total. The fraction of sp³-hybridized carbons (Fsp3) is 0. The molecular formula is C2H4P2. The van der Waals surface area contributed by atoms with Crippen LogP contribution < -0.4 is 0 Å². The van der Waals surface area contributed by atoms with Gasteiger partial charge in [-0.25, -0.2) is 0 Å². The van der Waals surface area contributed by atoms with Crippen LogP contribution in [-0.2, 0) is 0 Å². The molecule has 0 fully saturated rings. The summed E-state index contributed by atoms with van der Waals surface area (Å²) in [5.41, 5.74) is 5.12. The second-order valence-corrected chi connectivity index (χ2v) is 0.866. The molecule has 0 aromatic heterocycles. The second kappa shape index (κ2) is 3.42. The van der Waals surface area contributed by atoms with Crippen LogP contribution in [0, 0.1) is 11.3 Å². The zero-order valence-corrected chi connectivity index (χ0v) is 4.46. The Morgan fingerprint density at radius 2 is 1.25 bits per heavy atom. The summed E-state index contributed by atoms with van der Waals surface area (Å²) in [4.78, 5) is 0. The summed E-state index contributed by atoms with van der Waals surface area (Å²) in [7, 11) is 4.55. The summed E-state index contributed by atoms with van der Waals surface area (Å²) < 4.78 is 0. The lowest BCUT2D eigenvalue weighted by Gasteiger charge is -1.40. The topological polar surface area (TPSA) is 0 Å². The first kappa shape index (κ1) is 4.42. The van der Waals surface area contributed by atoms with Crippen LogP contribution >= 0.6 is 18.5 Å². The van der Waals surface area contributed by atoms with Gasteiger partial charge in [0, 0.05) is 0 Å². The van der Waals surface area contributed by atoms with E-state index in [0.717, 1.165) is 0 Å². The molecule has 2 atom stereocenters. The van der Waals surface area contributed by atoms with Crippen LogP contribution in [-0.4, -0.2) is 0 Å². The molecule has 0 heterocycles. The highest BCUT2D eigenvalue weighted by Crippen LogP contribution is 1.73. The summed E-state index contributed by atoms with van der Waals surface area (Å²) in [5, 5.41) is 0. The summed E-state index contributed by atoms with van der Waals surface area (Å²) in [6.07, 6.45) is 0. The monoisotopic (exact) mass is 90.0 g/mol. The van der Waals surface area contributed by atoms with E-state index in [-0.39, 0.29) is 0 Å². The molecule has 0 amide bonds. The van der Waals surface area contributed by atoms with Crippen molar-refractivity contribution in [3.63, 3.8) is 0 Å². The van der Waals surface area contributed by atoms with Crippen LogP contribution in [0.5, 0.6) is 0 Å². The first-order valence-corrected chi connectivity index (χ1v) is 1.98. The van der Waals surface area contributed by atoms with Crippen LogP contribution in [0.1, 0.15) is 0 Å². The lowest BCUT2D eigenvalue weighted by atomic mass is 11.4. The van der Waals surface area contributed by atoms with Crippen molar-refractivity contribution in [2.75, 3.05) is 0 Å². The van der Waals surface area contributed by atoms with Crippen LogP contribution in [0.25, 0.3) is 0 Å². The van der Waals surface area contributed by atoms with Gasteiger partial charge in [-0.2, -0.15) is 0 Å². The highest BCUT2D eigenvalue weighted by Gasteiger charge is 1.26. The first-order valence-electron chi connectivity index (χ1n) is 0.827. The molecule has 2 heteroatoms. The van der Waals surface area contributed by atoms with E-state index in [1.807, 2.05) is 0 Å². The number of hydrogen-bond donors (Lipinski definition) is 0. The molecule has 0 aromatic carbocycles. The maximum atomic E-state index is 2.56. The molecule has 0 aliphatic heterocycles. The quantitative estimate of drug-likeness (QED) is 0.302. The van der Waals surface area contributed by atoms with Crippen molar-refractivity contribution in [3.8, 4) is 11.3 Å². The van der Waals surface area contributed by atoms with Gasteiger partial charge in [-0.3, -0.25) is 0 Å². The van der Waals surface area contributed by atoms with Crippen molar-refractivity contribution in [3.05, 3.63) is 0 Å². The Morgan fingerprint density at radius 3 is 1.25 bits per heavy atom. The molecule has 2 unspecified atom stereocenters. The minimum Gasteiger partial charge on any atom is -0.0794 e. The SMILES string of the molecule is PC#CP. The van der Waals surface area contributed by atoms with E-state index in [0.29, 0.717) is 0 Å². The Labute approximate surface area is 30.8 Å². The average molecular weight is 90.0 g/mol. The van der Waals surface area contributed by atoms with Gasteiger partial charge in [0.15, 0.2) is 0 Å². The third kappa shape index (κ3) is 2.42. The Morgan fingerprint density at radius 1 is 1.00 bits per heavy atom. The van der Waals surface area contributed by atoms with Crippen molar-refractivity contribution in [1.82, 2.24) is 0 Å². The summed E-state index contributed by atoms with van der Waals surface area (Å²) in [5.74, 6) is 0. The highest BCUT2D eigenvalue weighted by molar-refractivity contribution is 7.28. The van der Waals surface area contributed by atoms with E-state index in [9.17, 15) is 0 Å². The zero-order chi connectivity index (χ0) is 3.41. The minimum absolute atomic E-state index is 2.27. The van der Waals surface area contributed by atoms with E-state index in [1.165, 1.54) is 0 Å². The van der Waals surface area contributed by atoms with Crippen LogP contribution in [0.3, 0.4) is 0 Å². The summed E-state index contributed by atoms with van der Waals surface area (Å²) >= 11 is 0. The van der Waals surface area contributed by atoms with Crippen LogP contribution in [0.15, 0.2) is 0 Å². The predicted octanol–water partition coefficient (Wildman–Crippen LogP) is 0.655. The largest absolute Gasteiger partial charge is 0.0794 e. The van der Waals surface area contributed by atoms with E-state index in [1.54, 1.807) is 0 Å². The minimum atomic E-state index is 2.27. The molecule has 0 N–H and O–H groups in total. The maximum Gasteiger partial charge on any atom is -0.0570 e. The van der Waals surface area contributed by atoms with Gasteiger partial charge in [0.05, 0.1) is 0 Å². The van der Waals surface area contributed by atoms with Crippen LogP contribution in [0.4, 0.5) is 0 Å². The van der Waals surface area contributed by atoms with Gasteiger partial charge in [0.2, 0.25) is 0 Å². The van der Waals surface area contributed by atoms with Gasteiger partial charge in [-0.1, -0.05) is 29.8 Å². The van der Waals surface area contributed by atoms with Gasteiger partial charge < -0.3 is 0 Å². The first-order chi connectivity index (χ1) is 1.91. The Kier molecular flexibility index (Phi) is 3.78.